The SMILES string of the molecule is CC(C)OC(=O)[C@@H](C)NP(=O)(OCCSC(=O)C(C)(C)C)OC[C@H]1O[C@@H](n2ccc(=O)[nH]c2=O)[C@@](F)(Cl)[C@@H]1O. The molecule has 1 aliphatic heterocycles. The first-order valence-electron chi connectivity index (χ1n) is 11.9. The normalized spacial score (nSPS) is 25.8. The second kappa shape index (κ2) is 13.4. The number of thioether (sulfide) groups is 1. The molecule has 2 heterocycles. The molecule has 222 valence electrons. The van der Waals surface area contributed by atoms with Crippen molar-refractivity contribution in [3.8, 4) is 0 Å². The smallest absolute Gasteiger partial charge is 0.406 e. The van der Waals surface area contributed by atoms with Crippen LogP contribution in [0.5, 0.6) is 0 Å². The summed E-state index contributed by atoms with van der Waals surface area (Å²) in [5.74, 6) is -0.654. The minimum absolute atomic E-state index is 0.102. The molecule has 2 rings (SSSR count). The predicted octanol–water partition coefficient (Wildman–Crippen LogP) is 2.08. The van der Waals surface area contributed by atoms with Gasteiger partial charge in [0.05, 0.1) is 19.3 Å². The number of hydrogen-bond donors (Lipinski definition) is 3. The van der Waals surface area contributed by atoms with E-state index in [0.717, 1.165) is 24.0 Å². The molecule has 1 unspecified atom stereocenters. The summed E-state index contributed by atoms with van der Waals surface area (Å²) in [5.41, 5.74) is -2.40. The Hall–Kier alpha value is -1.58. The molecule has 1 aromatic rings. The van der Waals surface area contributed by atoms with Crippen LogP contribution in [-0.4, -0.2) is 74.2 Å². The largest absolute Gasteiger partial charge is 0.462 e. The van der Waals surface area contributed by atoms with Crippen LogP contribution in [0.2, 0.25) is 0 Å². The van der Waals surface area contributed by atoms with E-state index in [1.807, 2.05) is 4.98 Å². The molecular formula is C22H34ClFN3O10PS. The molecule has 39 heavy (non-hydrogen) atoms. The zero-order valence-corrected chi connectivity index (χ0v) is 24.8. The van der Waals surface area contributed by atoms with Gasteiger partial charge in [0.1, 0.15) is 18.2 Å². The monoisotopic (exact) mass is 617 g/mol. The summed E-state index contributed by atoms with van der Waals surface area (Å²) in [6.45, 7) is 8.83. The first-order valence-corrected chi connectivity index (χ1v) is 14.9. The molecule has 17 heteroatoms. The maximum atomic E-state index is 15.2. The van der Waals surface area contributed by atoms with E-state index in [2.05, 4.69) is 5.09 Å². The lowest BCUT2D eigenvalue weighted by Gasteiger charge is -2.25. The number of aliphatic hydroxyl groups excluding tert-OH is 1. The van der Waals surface area contributed by atoms with Gasteiger partial charge >= 0.3 is 19.4 Å². The summed E-state index contributed by atoms with van der Waals surface area (Å²) in [4.78, 5) is 49.8. The molecule has 0 bridgehead atoms. The van der Waals surface area contributed by atoms with Gasteiger partial charge in [-0.3, -0.25) is 33.0 Å². The first-order chi connectivity index (χ1) is 17.9. The van der Waals surface area contributed by atoms with Crippen molar-refractivity contribution in [1.29, 1.82) is 0 Å². The summed E-state index contributed by atoms with van der Waals surface area (Å²) in [6, 6.07) is -0.239. The Kier molecular flexibility index (Phi) is 11.5. The average Bonchev–Trinajstić information content (AvgIpc) is 3.03. The number of nitrogens with one attached hydrogen (secondary N) is 2. The molecule has 1 aliphatic rings. The number of aromatic amines is 1. The van der Waals surface area contributed by atoms with Crippen LogP contribution in [0.15, 0.2) is 21.9 Å². The minimum atomic E-state index is -4.35. The van der Waals surface area contributed by atoms with Crippen LogP contribution in [0.3, 0.4) is 0 Å². The number of nitrogens with zero attached hydrogens (tertiary/aromatic N) is 1. The number of hydrogen-bond acceptors (Lipinski definition) is 11. The Morgan fingerprint density at radius 1 is 1.33 bits per heavy atom. The maximum Gasteiger partial charge on any atom is 0.406 e. The summed E-state index contributed by atoms with van der Waals surface area (Å²) >= 11 is 6.81. The molecule has 0 saturated carbocycles. The maximum absolute atomic E-state index is 15.2. The fraction of sp³-hybridized carbons (Fsp3) is 0.727. The van der Waals surface area contributed by atoms with Crippen LogP contribution in [0.25, 0.3) is 0 Å². The van der Waals surface area contributed by atoms with Gasteiger partial charge in [0, 0.05) is 23.4 Å². The predicted molar refractivity (Wildman–Crippen MR) is 141 cm³/mol. The van der Waals surface area contributed by atoms with E-state index in [9.17, 15) is 28.8 Å². The van der Waals surface area contributed by atoms with Crippen LogP contribution in [0.4, 0.5) is 4.39 Å². The molecule has 0 amide bonds. The third kappa shape index (κ3) is 9.22. The van der Waals surface area contributed by atoms with E-state index in [1.165, 1.54) is 6.92 Å². The van der Waals surface area contributed by atoms with Crippen molar-refractivity contribution >= 4 is 42.2 Å². The highest BCUT2D eigenvalue weighted by Crippen LogP contribution is 2.48. The number of ether oxygens (including phenoxy) is 2. The lowest BCUT2D eigenvalue weighted by molar-refractivity contribution is -0.149. The number of carbonyl (C=O) groups excluding carboxylic acids is 2. The number of H-pyrrole nitrogens is 1. The van der Waals surface area contributed by atoms with Crippen molar-refractivity contribution in [3.63, 3.8) is 0 Å². The second-order valence-corrected chi connectivity index (χ2v) is 13.4. The van der Waals surface area contributed by atoms with Gasteiger partial charge in [0.15, 0.2) is 11.3 Å². The van der Waals surface area contributed by atoms with E-state index >= 15 is 4.39 Å². The third-order valence-corrected chi connectivity index (χ3v) is 8.51. The standard InChI is InChI=1S/C22H34ClFN3O10PS/c1-12(2)36-17(30)13(3)26-38(33,34-9-10-39-19(31)21(4,5)6)35-11-14-16(29)22(23,24)18(37-14)27-8-7-15(28)25-20(27)32/h7-8,12-14,16,18,29H,9-11H2,1-6H3,(H,26,33)(H,25,28,32)/t13-,14-,16-,18-,22-,38?/m1/s1. The quantitative estimate of drug-likeness (QED) is 0.135. The molecule has 0 aromatic carbocycles. The molecule has 1 aromatic heterocycles. The topological polar surface area (TPSA) is 175 Å². The van der Waals surface area contributed by atoms with Crippen LogP contribution in [-0.2, 0) is 32.7 Å². The lowest BCUT2D eigenvalue weighted by Crippen LogP contribution is -2.42. The van der Waals surface area contributed by atoms with E-state index < -0.39 is 72.7 Å². The van der Waals surface area contributed by atoms with Gasteiger partial charge in [-0.05, 0) is 20.8 Å². The number of halogens is 2. The van der Waals surface area contributed by atoms with Crippen molar-refractivity contribution in [3.05, 3.63) is 33.1 Å². The van der Waals surface area contributed by atoms with Crippen molar-refractivity contribution in [1.82, 2.24) is 14.6 Å². The van der Waals surface area contributed by atoms with Crippen LogP contribution < -0.4 is 16.3 Å². The van der Waals surface area contributed by atoms with Crippen molar-refractivity contribution < 1.29 is 42.2 Å². The highest BCUT2D eigenvalue weighted by Gasteiger charge is 2.58. The molecule has 1 fully saturated rings. The van der Waals surface area contributed by atoms with Gasteiger partial charge in [0.2, 0.25) is 0 Å². The zero-order chi connectivity index (χ0) is 29.8. The van der Waals surface area contributed by atoms with E-state index in [1.54, 1.807) is 34.6 Å². The zero-order valence-electron chi connectivity index (χ0n) is 22.3. The van der Waals surface area contributed by atoms with Gasteiger partial charge in [-0.2, -0.15) is 0 Å². The molecule has 0 radical (unpaired) electrons. The molecular weight excluding hydrogens is 584 g/mol. The molecule has 13 nitrogen and oxygen atoms in total. The number of aromatic nitrogens is 2. The summed E-state index contributed by atoms with van der Waals surface area (Å²) in [6.07, 6.45) is -5.02. The number of carbonyl (C=O) groups is 2. The number of rotatable bonds is 12. The molecule has 0 spiro atoms. The average molecular weight is 618 g/mol. The summed E-state index contributed by atoms with van der Waals surface area (Å²) < 4.78 is 50.6. The molecule has 6 atom stereocenters. The Morgan fingerprint density at radius 3 is 2.54 bits per heavy atom. The highest BCUT2D eigenvalue weighted by atomic mass is 35.5. The minimum Gasteiger partial charge on any atom is -0.462 e. The molecule has 1 saturated heterocycles. The summed E-state index contributed by atoms with van der Waals surface area (Å²) in [5, 5.41) is 9.70. The van der Waals surface area contributed by atoms with Gasteiger partial charge < -0.3 is 14.6 Å². The van der Waals surface area contributed by atoms with E-state index in [4.69, 9.17) is 30.1 Å². The third-order valence-electron chi connectivity index (χ3n) is 5.14. The van der Waals surface area contributed by atoms with Crippen molar-refractivity contribution in [2.45, 2.75) is 77.3 Å². The number of alkyl halides is 2. The summed E-state index contributed by atoms with van der Waals surface area (Å²) in [7, 11) is -4.35. The molecule has 3 N–H and O–H groups in total. The first kappa shape index (κ1) is 33.6. The Labute approximate surface area is 233 Å². The lowest BCUT2D eigenvalue weighted by atomic mass is 10.00. The van der Waals surface area contributed by atoms with Gasteiger partial charge in [0.25, 0.3) is 10.7 Å². The van der Waals surface area contributed by atoms with Gasteiger partial charge in [-0.15, -0.1) is 0 Å². The molecule has 0 aliphatic carbocycles. The van der Waals surface area contributed by atoms with E-state index in [0.29, 0.717) is 4.57 Å². The Morgan fingerprint density at radius 2 is 1.97 bits per heavy atom. The van der Waals surface area contributed by atoms with E-state index in [-0.39, 0.29) is 17.5 Å². The van der Waals surface area contributed by atoms with Crippen LogP contribution in [0, 0.1) is 5.41 Å². The number of esters is 1. The Balaban J connectivity index is 2.16. The van der Waals surface area contributed by atoms with Gasteiger partial charge in [-0.1, -0.05) is 44.1 Å². The van der Waals surface area contributed by atoms with Crippen molar-refractivity contribution in [2.75, 3.05) is 19.0 Å². The highest BCUT2D eigenvalue weighted by molar-refractivity contribution is 8.13. The second-order valence-electron chi connectivity index (χ2n) is 10.0. The Bertz CT molecular complexity index is 1190. The fourth-order valence-corrected chi connectivity index (χ4v) is 5.82. The van der Waals surface area contributed by atoms with Crippen LogP contribution in [0.1, 0.15) is 47.8 Å². The number of aliphatic hydroxyl groups is 1. The van der Waals surface area contributed by atoms with Crippen LogP contribution >= 0.6 is 31.1 Å². The fourth-order valence-electron chi connectivity index (χ4n) is 3.13. The van der Waals surface area contributed by atoms with Gasteiger partial charge in [-0.25, -0.2) is 18.8 Å². The van der Waals surface area contributed by atoms with Crippen molar-refractivity contribution in [2.24, 2.45) is 5.41 Å².